The van der Waals surface area contributed by atoms with E-state index >= 15 is 0 Å². The summed E-state index contributed by atoms with van der Waals surface area (Å²) in [5, 5.41) is 0. The molecule has 0 aromatic carbocycles. The molecule has 0 radical (unpaired) electrons. The molecule has 1 aromatic heterocycles. The van der Waals surface area contributed by atoms with Gasteiger partial charge in [-0.3, -0.25) is 4.79 Å². The third-order valence-corrected chi connectivity index (χ3v) is 3.66. The van der Waals surface area contributed by atoms with Gasteiger partial charge in [-0.1, -0.05) is 6.92 Å². The number of rotatable bonds is 6. The fraction of sp³-hybridized carbons (Fsp3) is 0.667. The van der Waals surface area contributed by atoms with Crippen LogP contribution in [0.1, 0.15) is 30.6 Å². The van der Waals surface area contributed by atoms with E-state index in [0.29, 0.717) is 25.5 Å². The average Bonchev–Trinajstić information content (AvgIpc) is 2.75. The topological polar surface area (TPSA) is 55.3 Å². The Hall–Kier alpha value is -1.49. The number of ether oxygens (including phenoxy) is 1. The van der Waals surface area contributed by atoms with Gasteiger partial charge in [-0.25, -0.2) is 9.97 Å². The highest BCUT2D eigenvalue weighted by atomic mass is 16.5. The minimum Gasteiger partial charge on any atom is -0.383 e. The second-order valence-electron chi connectivity index (χ2n) is 5.36. The van der Waals surface area contributed by atoms with Crippen LogP contribution in [0.2, 0.25) is 0 Å². The van der Waals surface area contributed by atoms with Crippen LogP contribution < -0.4 is 0 Å². The number of methoxy groups -OCH3 is 1. The summed E-state index contributed by atoms with van der Waals surface area (Å²) in [6.07, 6.45) is 2.39. The van der Waals surface area contributed by atoms with Crippen molar-refractivity contribution in [2.45, 2.75) is 33.1 Å². The van der Waals surface area contributed by atoms with Crippen LogP contribution in [0, 0.1) is 12.8 Å². The van der Waals surface area contributed by atoms with Crippen molar-refractivity contribution in [3.8, 4) is 0 Å². The number of hydrogen-bond donors (Lipinski definition) is 0. The number of aromatic nitrogens is 2. The van der Waals surface area contributed by atoms with E-state index in [1.54, 1.807) is 7.11 Å². The Morgan fingerprint density at radius 3 is 2.85 bits per heavy atom. The van der Waals surface area contributed by atoms with Crippen LogP contribution in [0.4, 0.5) is 0 Å². The first-order chi connectivity index (χ1) is 9.62. The van der Waals surface area contributed by atoms with E-state index in [1.807, 2.05) is 11.8 Å². The molecule has 0 bridgehead atoms. The van der Waals surface area contributed by atoms with Crippen LogP contribution in [0.3, 0.4) is 0 Å². The zero-order valence-corrected chi connectivity index (χ0v) is 12.6. The van der Waals surface area contributed by atoms with Gasteiger partial charge < -0.3 is 9.64 Å². The van der Waals surface area contributed by atoms with E-state index in [9.17, 15) is 4.79 Å². The number of aryl methyl sites for hydroxylation is 2. The maximum atomic E-state index is 11.9. The summed E-state index contributed by atoms with van der Waals surface area (Å²) >= 11 is 0. The molecule has 110 valence electrons. The van der Waals surface area contributed by atoms with E-state index < -0.39 is 0 Å². The molecular formula is C15H23N3O2. The van der Waals surface area contributed by atoms with Gasteiger partial charge in [-0.2, -0.15) is 0 Å². The minimum atomic E-state index is 0.230. The van der Waals surface area contributed by atoms with E-state index in [4.69, 9.17) is 4.74 Å². The normalized spacial score (nSPS) is 18.9. The second-order valence-corrected chi connectivity index (χ2v) is 5.36. The van der Waals surface area contributed by atoms with Crippen LogP contribution in [0.5, 0.6) is 0 Å². The number of amides is 1. The van der Waals surface area contributed by atoms with E-state index in [2.05, 4.69) is 23.0 Å². The second kappa shape index (κ2) is 6.79. The molecule has 0 saturated carbocycles. The summed E-state index contributed by atoms with van der Waals surface area (Å²) in [4.78, 5) is 22.7. The Bertz CT molecular complexity index is 476. The Morgan fingerprint density at radius 2 is 2.15 bits per heavy atom. The number of carbonyl (C=O) groups excluding carboxylic acids is 1. The van der Waals surface area contributed by atoms with Gasteiger partial charge in [0.2, 0.25) is 5.91 Å². The maximum Gasteiger partial charge on any atom is 0.223 e. The molecule has 1 aliphatic heterocycles. The van der Waals surface area contributed by atoms with Crippen molar-refractivity contribution < 1.29 is 9.53 Å². The summed E-state index contributed by atoms with van der Waals surface area (Å²) in [6, 6.07) is 2.06. The van der Waals surface area contributed by atoms with Crippen LogP contribution in [-0.4, -0.2) is 47.6 Å². The smallest absolute Gasteiger partial charge is 0.223 e. The zero-order chi connectivity index (χ0) is 14.5. The van der Waals surface area contributed by atoms with Gasteiger partial charge in [0.25, 0.3) is 0 Å². The van der Waals surface area contributed by atoms with Crippen molar-refractivity contribution in [2.75, 3.05) is 26.8 Å². The molecule has 2 rings (SSSR count). The summed E-state index contributed by atoms with van der Waals surface area (Å²) in [5.41, 5.74) is 2.13. The maximum absolute atomic E-state index is 11.9. The molecule has 0 unspecified atom stereocenters. The molecule has 20 heavy (non-hydrogen) atoms. The molecule has 5 heteroatoms. The van der Waals surface area contributed by atoms with E-state index in [-0.39, 0.29) is 5.91 Å². The van der Waals surface area contributed by atoms with Gasteiger partial charge in [0.1, 0.15) is 5.82 Å². The lowest BCUT2D eigenvalue weighted by Crippen LogP contribution is -2.29. The highest BCUT2D eigenvalue weighted by molar-refractivity contribution is 5.78. The van der Waals surface area contributed by atoms with Crippen molar-refractivity contribution in [3.63, 3.8) is 0 Å². The van der Waals surface area contributed by atoms with Crippen molar-refractivity contribution >= 4 is 5.91 Å². The number of likely N-dealkylation sites (tertiary alicyclic amines) is 1. The van der Waals surface area contributed by atoms with Crippen molar-refractivity contribution in [1.29, 1.82) is 0 Å². The minimum absolute atomic E-state index is 0.230. The standard InChI is InChI=1S/C15H23N3O2/c1-4-13-9-14(17-11(2)16-13)7-12-8-15(19)18(10-12)5-6-20-3/h9,12H,4-8,10H2,1-3H3/t12-/m1/s1. The fourth-order valence-corrected chi connectivity index (χ4v) is 2.69. The van der Waals surface area contributed by atoms with Gasteiger partial charge in [0, 0.05) is 38.0 Å². The molecule has 1 aliphatic rings. The van der Waals surface area contributed by atoms with E-state index in [1.165, 1.54) is 0 Å². The lowest BCUT2D eigenvalue weighted by Gasteiger charge is -2.16. The highest BCUT2D eigenvalue weighted by Crippen LogP contribution is 2.21. The lowest BCUT2D eigenvalue weighted by atomic mass is 10.0. The fourth-order valence-electron chi connectivity index (χ4n) is 2.69. The van der Waals surface area contributed by atoms with Gasteiger partial charge >= 0.3 is 0 Å². The van der Waals surface area contributed by atoms with Gasteiger partial charge in [0.15, 0.2) is 0 Å². The van der Waals surface area contributed by atoms with Crippen LogP contribution in [-0.2, 0) is 22.4 Å². The van der Waals surface area contributed by atoms with Crippen molar-refractivity contribution in [1.82, 2.24) is 14.9 Å². The number of nitrogens with zero attached hydrogens (tertiary/aromatic N) is 3. The molecule has 0 aliphatic carbocycles. The molecule has 0 spiro atoms. The van der Waals surface area contributed by atoms with Crippen LogP contribution >= 0.6 is 0 Å². The Kier molecular flexibility index (Phi) is 5.06. The predicted molar refractivity (Wildman–Crippen MR) is 76.4 cm³/mol. The molecule has 1 amide bonds. The Balaban J connectivity index is 1.97. The zero-order valence-electron chi connectivity index (χ0n) is 12.6. The third-order valence-electron chi connectivity index (χ3n) is 3.66. The molecule has 2 heterocycles. The predicted octanol–water partition coefficient (Wildman–Crippen LogP) is 1.38. The molecule has 5 nitrogen and oxygen atoms in total. The van der Waals surface area contributed by atoms with Gasteiger partial charge in [-0.05, 0) is 31.7 Å². The SMILES string of the molecule is CCc1cc(C[C@@H]2CC(=O)N(CCOC)C2)nc(C)n1. The first kappa shape index (κ1) is 14.9. The molecule has 0 N–H and O–H groups in total. The summed E-state index contributed by atoms with van der Waals surface area (Å²) in [6.45, 7) is 6.12. The Morgan fingerprint density at radius 1 is 1.40 bits per heavy atom. The first-order valence-electron chi connectivity index (χ1n) is 7.22. The third kappa shape index (κ3) is 3.76. The van der Waals surface area contributed by atoms with Crippen LogP contribution in [0.25, 0.3) is 0 Å². The molecule has 1 saturated heterocycles. The monoisotopic (exact) mass is 277 g/mol. The molecule has 1 aromatic rings. The van der Waals surface area contributed by atoms with E-state index in [0.717, 1.165) is 36.6 Å². The lowest BCUT2D eigenvalue weighted by molar-refractivity contribution is -0.128. The first-order valence-corrected chi connectivity index (χ1v) is 7.22. The largest absolute Gasteiger partial charge is 0.383 e. The van der Waals surface area contributed by atoms with Crippen molar-refractivity contribution in [2.24, 2.45) is 5.92 Å². The summed E-state index contributed by atoms with van der Waals surface area (Å²) in [5.74, 6) is 1.41. The summed E-state index contributed by atoms with van der Waals surface area (Å²) < 4.78 is 5.04. The number of hydrogen-bond acceptors (Lipinski definition) is 4. The molecular weight excluding hydrogens is 254 g/mol. The number of carbonyl (C=O) groups is 1. The summed E-state index contributed by atoms with van der Waals surface area (Å²) in [7, 11) is 1.66. The molecule has 1 fully saturated rings. The van der Waals surface area contributed by atoms with Crippen molar-refractivity contribution in [3.05, 3.63) is 23.3 Å². The van der Waals surface area contributed by atoms with Gasteiger partial charge in [-0.15, -0.1) is 0 Å². The highest BCUT2D eigenvalue weighted by Gasteiger charge is 2.29. The van der Waals surface area contributed by atoms with Gasteiger partial charge in [0.05, 0.1) is 6.61 Å². The quantitative estimate of drug-likeness (QED) is 0.788. The van der Waals surface area contributed by atoms with Crippen LogP contribution in [0.15, 0.2) is 6.07 Å². The molecule has 1 atom stereocenters. The Labute approximate surface area is 120 Å². The average molecular weight is 277 g/mol.